The smallest absolute Gasteiger partial charge is 0.276 e. The van der Waals surface area contributed by atoms with Gasteiger partial charge in [-0.1, -0.05) is 30.3 Å². The van der Waals surface area contributed by atoms with Gasteiger partial charge in [-0.25, -0.2) is 4.98 Å². The highest BCUT2D eigenvalue weighted by Gasteiger charge is 2.29. The fourth-order valence-electron chi connectivity index (χ4n) is 5.24. The van der Waals surface area contributed by atoms with Crippen molar-refractivity contribution in [3.8, 4) is 22.0 Å². The zero-order valence-electron chi connectivity index (χ0n) is 21.4. The van der Waals surface area contributed by atoms with Gasteiger partial charge >= 0.3 is 0 Å². The number of fused-ring (bicyclic) bond motifs is 4. The maximum atomic E-state index is 14.0. The van der Waals surface area contributed by atoms with Gasteiger partial charge in [-0.15, -0.1) is 11.3 Å². The van der Waals surface area contributed by atoms with Gasteiger partial charge in [0.05, 0.1) is 23.2 Å². The highest BCUT2D eigenvalue weighted by molar-refractivity contribution is 7.17. The molecule has 2 aromatic carbocycles. The number of aromatic nitrogens is 2. The van der Waals surface area contributed by atoms with Crippen LogP contribution in [0.4, 0.5) is 5.69 Å². The second kappa shape index (κ2) is 9.39. The summed E-state index contributed by atoms with van der Waals surface area (Å²) in [6.07, 6.45) is 4.71. The van der Waals surface area contributed by atoms with Crippen molar-refractivity contribution in [3.05, 3.63) is 95.1 Å². The Bertz CT molecular complexity index is 1750. The van der Waals surface area contributed by atoms with Crippen molar-refractivity contribution in [2.45, 2.75) is 25.3 Å². The molecule has 1 fully saturated rings. The molecule has 0 bridgehead atoms. The van der Waals surface area contributed by atoms with E-state index in [-0.39, 0.29) is 11.8 Å². The van der Waals surface area contributed by atoms with Crippen LogP contribution in [0.25, 0.3) is 27.2 Å². The van der Waals surface area contributed by atoms with Crippen molar-refractivity contribution in [2.75, 3.05) is 18.6 Å². The van der Waals surface area contributed by atoms with E-state index in [0.717, 1.165) is 56.1 Å². The molecule has 2 aliphatic rings. The molecular weight excluding hydrogens is 508 g/mol. The molecule has 194 valence electrons. The summed E-state index contributed by atoms with van der Waals surface area (Å²) in [6.45, 7) is 0.499. The van der Waals surface area contributed by atoms with Gasteiger partial charge in [0.2, 0.25) is 0 Å². The van der Waals surface area contributed by atoms with Crippen molar-refractivity contribution in [1.29, 1.82) is 0 Å². The first kappa shape index (κ1) is 23.7. The number of hydrogen-bond donors (Lipinski definition) is 1. The molecular formula is C31H26N4O3S. The van der Waals surface area contributed by atoms with Gasteiger partial charge in [0.25, 0.3) is 11.8 Å². The molecule has 5 aromatic rings. The van der Waals surface area contributed by atoms with Crippen molar-refractivity contribution >= 4 is 39.7 Å². The lowest BCUT2D eigenvalue weighted by Crippen LogP contribution is -2.33. The first-order chi connectivity index (χ1) is 19.1. The van der Waals surface area contributed by atoms with Crippen LogP contribution in [0.3, 0.4) is 0 Å². The third kappa shape index (κ3) is 4.17. The molecule has 0 saturated heterocycles. The van der Waals surface area contributed by atoms with E-state index < -0.39 is 0 Å². The van der Waals surface area contributed by atoms with Crippen LogP contribution in [0.5, 0.6) is 5.75 Å². The first-order valence-corrected chi connectivity index (χ1v) is 13.9. The lowest BCUT2D eigenvalue weighted by molar-refractivity contribution is 0.0952. The number of thiophene rings is 1. The number of methoxy groups -OCH3 is 1. The second-order valence-electron chi connectivity index (χ2n) is 9.90. The predicted octanol–water partition coefficient (Wildman–Crippen LogP) is 5.86. The van der Waals surface area contributed by atoms with Crippen molar-refractivity contribution < 1.29 is 14.3 Å². The number of hydrogen-bond acceptors (Lipinski definition) is 5. The number of ether oxygens (including phenoxy) is 1. The van der Waals surface area contributed by atoms with Crippen molar-refractivity contribution in [2.24, 2.45) is 0 Å². The highest BCUT2D eigenvalue weighted by Crippen LogP contribution is 2.42. The van der Waals surface area contributed by atoms with E-state index >= 15 is 0 Å². The van der Waals surface area contributed by atoms with E-state index in [4.69, 9.17) is 9.72 Å². The Morgan fingerprint density at radius 2 is 1.87 bits per heavy atom. The maximum absolute atomic E-state index is 14.0. The summed E-state index contributed by atoms with van der Waals surface area (Å²) in [5, 5.41) is 4.07. The second-order valence-corrected chi connectivity index (χ2v) is 10.9. The summed E-state index contributed by atoms with van der Waals surface area (Å²) in [6, 6.07) is 23.6. The van der Waals surface area contributed by atoms with Crippen LogP contribution in [0.1, 0.15) is 38.6 Å². The summed E-state index contributed by atoms with van der Waals surface area (Å²) in [5.41, 5.74) is 4.23. The van der Waals surface area contributed by atoms with Crippen LogP contribution in [0.15, 0.2) is 79.0 Å². The largest absolute Gasteiger partial charge is 0.496 e. The number of carbonyl (C=O) groups excluding carboxylic acids is 2. The zero-order chi connectivity index (χ0) is 26.5. The minimum Gasteiger partial charge on any atom is -0.496 e. The van der Waals surface area contributed by atoms with Crippen LogP contribution in [0.2, 0.25) is 0 Å². The molecule has 7 rings (SSSR count). The van der Waals surface area contributed by atoms with Gasteiger partial charge in [-0.05, 0) is 67.3 Å². The SMILES string of the molecule is COc1cccc2c1ccn2-c1cccc(C(=O)N2CCc3cc(C(=O)NC4CC4)sc3-c3ccccc32)n1. The quantitative estimate of drug-likeness (QED) is 0.307. The number of amides is 2. The summed E-state index contributed by atoms with van der Waals surface area (Å²) < 4.78 is 7.48. The van der Waals surface area contributed by atoms with E-state index in [9.17, 15) is 9.59 Å². The normalized spacial score (nSPS) is 14.4. The minimum atomic E-state index is -0.153. The minimum absolute atomic E-state index is 0.00263. The Morgan fingerprint density at radius 1 is 1.03 bits per heavy atom. The predicted molar refractivity (Wildman–Crippen MR) is 153 cm³/mol. The monoisotopic (exact) mass is 534 g/mol. The van der Waals surface area contributed by atoms with E-state index in [1.54, 1.807) is 13.2 Å². The summed E-state index contributed by atoms with van der Waals surface area (Å²) in [5.74, 6) is 1.30. The molecule has 2 amide bonds. The van der Waals surface area contributed by atoms with Crippen molar-refractivity contribution in [1.82, 2.24) is 14.9 Å². The molecule has 4 heterocycles. The fraction of sp³-hybridized carbons (Fsp3) is 0.194. The van der Waals surface area contributed by atoms with Crippen LogP contribution < -0.4 is 15.0 Å². The molecule has 1 N–H and O–H groups in total. The van der Waals surface area contributed by atoms with Crippen LogP contribution >= 0.6 is 11.3 Å². The van der Waals surface area contributed by atoms with Gasteiger partial charge < -0.3 is 19.5 Å². The van der Waals surface area contributed by atoms with E-state index in [0.29, 0.717) is 30.5 Å². The summed E-state index contributed by atoms with van der Waals surface area (Å²) in [4.78, 5) is 35.1. The topological polar surface area (TPSA) is 76.5 Å². The Kier molecular flexibility index (Phi) is 5.70. The lowest BCUT2D eigenvalue weighted by Gasteiger charge is -2.23. The Morgan fingerprint density at radius 3 is 2.72 bits per heavy atom. The Hall–Kier alpha value is -4.43. The molecule has 1 aliphatic heterocycles. The van der Waals surface area contributed by atoms with Gasteiger partial charge in [-0.2, -0.15) is 0 Å². The molecule has 8 heteroatoms. The number of carbonyl (C=O) groups is 2. The van der Waals surface area contributed by atoms with Crippen LogP contribution in [-0.2, 0) is 6.42 Å². The number of nitrogens with one attached hydrogen (secondary N) is 1. The molecule has 3 aromatic heterocycles. The lowest BCUT2D eigenvalue weighted by atomic mass is 10.1. The average molecular weight is 535 g/mol. The van der Waals surface area contributed by atoms with E-state index in [1.807, 2.05) is 82.4 Å². The molecule has 0 unspecified atom stereocenters. The number of rotatable bonds is 5. The van der Waals surface area contributed by atoms with Gasteiger partial charge in [0.15, 0.2) is 0 Å². The molecule has 0 radical (unpaired) electrons. The standard InChI is InChI=1S/C31H26N4O3S/c1-38-26-10-5-9-24-21(26)15-17-34(24)28-11-4-7-23(33-28)31(37)35-16-14-19-18-27(30(36)32-20-12-13-20)39-29(19)22-6-2-3-8-25(22)35/h2-11,15,17-18,20H,12-14,16H2,1H3,(H,32,36). The molecule has 1 saturated carbocycles. The fourth-order valence-corrected chi connectivity index (χ4v) is 6.38. The molecule has 39 heavy (non-hydrogen) atoms. The molecule has 1 aliphatic carbocycles. The molecule has 0 atom stereocenters. The van der Waals surface area contributed by atoms with E-state index in [1.165, 1.54) is 11.3 Å². The van der Waals surface area contributed by atoms with Gasteiger partial charge in [0.1, 0.15) is 17.3 Å². The number of nitrogens with zero attached hydrogens (tertiary/aromatic N) is 3. The molecule has 0 spiro atoms. The average Bonchev–Trinajstić information content (AvgIpc) is 3.55. The number of pyridine rings is 1. The van der Waals surface area contributed by atoms with Crippen LogP contribution in [-0.4, -0.2) is 41.1 Å². The number of para-hydroxylation sites is 1. The Labute approximate surface area is 229 Å². The maximum Gasteiger partial charge on any atom is 0.276 e. The van der Waals surface area contributed by atoms with E-state index in [2.05, 4.69) is 5.32 Å². The van der Waals surface area contributed by atoms with Crippen LogP contribution in [0, 0.1) is 0 Å². The third-order valence-electron chi connectivity index (χ3n) is 7.35. The molecule has 7 nitrogen and oxygen atoms in total. The summed E-state index contributed by atoms with van der Waals surface area (Å²) in [7, 11) is 1.66. The van der Waals surface area contributed by atoms with Gasteiger partial charge in [0, 0.05) is 34.6 Å². The zero-order valence-corrected chi connectivity index (χ0v) is 22.2. The third-order valence-corrected chi connectivity index (χ3v) is 8.56. The first-order valence-electron chi connectivity index (χ1n) is 13.1. The number of anilines is 1. The number of benzene rings is 2. The highest BCUT2D eigenvalue weighted by atomic mass is 32.1. The summed E-state index contributed by atoms with van der Waals surface area (Å²) >= 11 is 1.50. The Balaban J connectivity index is 1.23. The van der Waals surface area contributed by atoms with Crippen molar-refractivity contribution in [3.63, 3.8) is 0 Å². The van der Waals surface area contributed by atoms with Gasteiger partial charge in [-0.3, -0.25) is 9.59 Å².